The Labute approximate surface area is 504 Å². The molecule has 1 saturated carbocycles. The molecule has 7 rings (SSSR count). The molecule has 0 bridgehead atoms. The van der Waals surface area contributed by atoms with Crippen molar-refractivity contribution >= 4 is 53.9 Å². The maximum atomic E-state index is 13.3. The zero-order valence-electron chi connectivity index (χ0n) is 52.6. The third kappa shape index (κ3) is 22.3. The largest absolute Gasteiger partial charge is 0.513 e. The summed E-state index contributed by atoms with van der Waals surface area (Å²) < 4.78 is 11.9. The minimum atomic E-state index is -0.615. The SMILES string of the molecule is C=C(C)O.C=N/C(=C\S)c1ccc(N(CC)/C(=C(\C)CC(C)(C)CO)c2cc(N3CCN(C4CC4)CC3)cnc2C(C)OC)cc1.CC.CC(C)C1NCCCCCOc2ccccc2CN(C)C=CCC(C(=O)N2CCCCN2)NC1=O. The zero-order valence-corrected chi connectivity index (χ0v) is 53.4. The fraction of sp³-hybridized carbons (Fsp3) is 0.576. The summed E-state index contributed by atoms with van der Waals surface area (Å²) in [5, 5.41) is 27.9. The number of aromatic nitrogens is 1. The third-order valence-electron chi connectivity index (χ3n) is 15.1. The molecule has 83 heavy (non-hydrogen) atoms. The van der Waals surface area contributed by atoms with Gasteiger partial charge in [-0.15, -0.1) is 12.6 Å². The van der Waals surface area contributed by atoms with Crippen LogP contribution in [0.4, 0.5) is 11.4 Å². The van der Waals surface area contributed by atoms with Crippen LogP contribution >= 0.6 is 12.6 Å². The highest BCUT2D eigenvalue weighted by molar-refractivity contribution is 7.83. The Hall–Kier alpha value is -5.69. The van der Waals surface area contributed by atoms with Gasteiger partial charge >= 0.3 is 0 Å². The molecule has 2 saturated heterocycles. The molecule has 3 fully saturated rings. The van der Waals surface area contributed by atoms with Crippen molar-refractivity contribution in [3.05, 3.63) is 119 Å². The van der Waals surface area contributed by atoms with Crippen molar-refractivity contribution in [3.8, 4) is 5.75 Å². The molecule has 17 heteroatoms. The number of hydrazine groups is 1. The van der Waals surface area contributed by atoms with Crippen LogP contribution in [0.1, 0.15) is 156 Å². The van der Waals surface area contributed by atoms with E-state index in [0.29, 0.717) is 26.1 Å². The van der Waals surface area contributed by atoms with Gasteiger partial charge < -0.3 is 45.0 Å². The molecule has 0 spiro atoms. The number of rotatable bonds is 15. The molecule has 5 N–H and O–H groups in total. The van der Waals surface area contributed by atoms with Gasteiger partial charge in [0.05, 0.1) is 47.8 Å². The number of benzene rings is 2. The number of nitrogens with zero attached hydrogens (tertiary/aromatic N) is 7. The standard InChI is InChI=1S/C34H49N5O2S.C27H43N5O3.C3H6O.C2H6/c1-8-39(28-11-9-26(10-12-28)31(22-42)35-6)33(24(2)20-34(4,5)23-40)30-19-29(21-36-32(30)25(3)41-7)38-17-15-37(16-18-38)27-13-14-27;1-21(2)25-26(33)30-23(27(34)32-18-9-8-16-29-32)13-11-17-31(3)20-22-12-5-6-14-24(22)35-19-10-4-7-15-28-25;1-3(2)4;1-2/h9-12,19,21-22,25,27,40,42H,6,8,13-18,20,23H2,1-5,7H3;5-6,11-12,14,17,21,23,25,28-29H,4,7-10,13,15-16,18-20H2,1-3H3,(H,30,33);4H,1H2,2H3;1-2H3/b31-22-,33-24+;;;. The molecule has 2 aromatic carbocycles. The van der Waals surface area contributed by atoms with Crippen LogP contribution in [0.3, 0.4) is 0 Å². The van der Waals surface area contributed by atoms with E-state index in [-0.39, 0.29) is 47.7 Å². The number of hydrogen-bond donors (Lipinski definition) is 6. The minimum Gasteiger partial charge on any atom is -0.513 e. The Kier molecular flexibility index (Phi) is 30.5. The molecule has 1 aromatic heterocycles. The summed E-state index contributed by atoms with van der Waals surface area (Å²) in [6.45, 7) is 35.7. The first-order valence-corrected chi connectivity index (χ1v) is 30.9. The van der Waals surface area contributed by atoms with E-state index in [2.05, 4.69) is 138 Å². The van der Waals surface area contributed by atoms with E-state index in [4.69, 9.17) is 19.6 Å². The lowest BCUT2D eigenvalue weighted by Gasteiger charge is -2.37. The van der Waals surface area contributed by atoms with Gasteiger partial charge in [0.25, 0.3) is 5.91 Å². The highest BCUT2D eigenvalue weighted by Crippen LogP contribution is 2.39. The number of aliphatic hydroxyl groups excluding tert-OH is 2. The predicted octanol–water partition coefficient (Wildman–Crippen LogP) is 11.6. The number of para-hydroxylation sites is 1. The smallest absolute Gasteiger partial charge is 0.259 e. The van der Waals surface area contributed by atoms with Gasteiger partial charge in [-0.2, -0.15) is 0 Å². The Balaban J connectivity index is 0.000000330. The number of pyridine rings is 1. The number of aliphatic hydroxyl groups is 2. The highest BCUT2D eigenvalue weighted by Gasteiger charge is 2.33. The quantitative estimate of drug-likeness (QED) is 0.0483. The summed E-state index contributed by atoms with van der Waals surface area (Å²) in [5.74, 6) is 1.01. The number of carbonyl (C=O) groups excluding carboxylic acids is 2. The average molecular weight is 1170 g/mol. The van der Waals surface area contributed by atoms with E-state index in [1.807, 2.05) is 71.4 Å². The van der Waals surface area contributed by atoms with Gasteiger partial charge in [0.15, 0.2) is 0 Å². The second-order valence-electron chi connectivity index (χ2n) is 23.0. The number of aliphatic imine (C=N–C) groups is 1. The molecular weight excluding hydrogens is 1060 g/mol. The molecule has 1 aliphatic carbocycles. The van der Waals surface area contributed by atoms with E-state index in [0.717, 1.165) is 141 Å². The molecule has 3 aromatic rings. The average Bonchev–Trinajstić information content (AvgIpc) is 4.45. The first-order chi connectivity index (χ1) is 39.8. The lowest BCUT2D eigenvalue weighted by molar-refractivity contribution is -0.140. The van der Waals surface area contributed by atoms with E-state index in [1.54, 1.807) is 17.5 Å². The predicted molar refractivity (Wildman–Crippen MR) is 348 cm³/mol. The molecule has 16 nitrogen and oxygen atoms in total. The highest BCUT2D eigenvalue weighted by atomic mass is 32.1. The van der Waals surface area contributed by atoms with Crippen LogP contribution in [0.2, 0.25) is 0 Å². The number of fused-ring (bicyclic) bond motifs is 1. The lowest BCUT2D eigenvalue weighted by atomic mass is 9.85. The minimum absolute atomic E-state index is 0.0824. The monoisotopic (exact) mass is 1160 g/mol. The van der Waals surface area contributed by atoms with Crippen LogP contribution in [0.25, 0.3) is 11.4 Å². The summed E-state index contributed by atoms with van der Waals surface area (Å²) >= 11 is 4.30. The Morgan fingerprint density at radius 3 is 2.27 bits per heavy atom. The van der Waals surface area contributed by atoms with E-state index >= 15 is 0 Å². The van der Waals surface area contributed by atoms with Crippen LogP contribution in [0.5, 0.6) is 5.75 Å². The van der Waals surface area contributed by atoms with Crippen molar-refractivity contribution in [2.45, 2.75) is 158 Å². The second kappa shape index (κ2) is 36.2. The number of piperazine rings is 1. The summed E-state index contributed by atoms with van der Waals surface area (Å²) in [6, 6.07) is 18.7. The van der Waals surface area contributed by atoms with E-state index in [1.165, 1.54) is 25.3 Å². The van der Waals surface area contributed by atoms with Gasteiger partial charge in [-0.25, -0.2) is 5.43 Å². The summed E-state index contributed by atoms with van der Waals surface area (Å²) in [7, 11) is 3.74. The van der Waals surface area contributed by atoms with Crippen LogP contribution in [0.15, 0.2) is 101 Å². The van der Waals surface area contributed by atoms with Gasteiger partial charge in [-0.3, -0.25) is 29.5 Å². The second-order valence-corrected chi connectivity index (χ2v) is 23.2. The van der Waals surface area contributed by atoms with Gasteiger partial charge in [0.1, 0.15) is 11.8 Å². The number of amides is 2. The first kappa shape index (κ1) is 69.8. The zero-order chi connectivity index (χ0) is 61.1. The maximum Gasteiger partial charge on any atom is 0.259 e. The van der Waals surface area contributed by atoms with E-state index in [9.17, 15) is 14.7 Å². The number of allylic oxidation sites excluding steroid dienone is 2. The van der Waals surface area contributed by atoms with Crippen molar-refractivity contribution in [2.75, 3.05) is 89.5 Å². The van der Waals surface area contributed by atoms with Crippen LogP contribution in [0, 0.1) is 11.3 Å². The summed E-state index contributed by atoms with van der Waals surface area (Å²) in [5.41, 5.74) is 12.3. The molecule has 2 amide bonds. The molecule has 460 valence electrons. The number of nitrogens with one attached hydrogen (secondary N) is 3. The molecule has 3 unspecified atom stereocenters. The topological polar surface area (TPSA) is 171 Å². The van der Waals surface area contributed by atoms with Crippen molar-refractivity contribution in [1.29, 1.82) is 0 Å². The number of anilines is 2. The van der Waals surface area contributed by atoms with Gasteiger partial charge in [-0.05, 0) is 152 Å². The number of hydrogen-bond acceptors (Lipinski definition) is 15. The molecule has 0 radical (unpaired) electrons. The molecule has 3 atom stereocenters. The first-order valence-electron chi connectivity index (χ1n) is 30.4. The summed E-state index contributed by atoms with van der Waals surface area (Å²) in [6.07, 6.45) is 14.6. The molecule has 4 aliphatic rings. The van der Waals surface area contributed by atoms with Gasteiger partial charge in [0.2, 0.25) is 5.91 Å². The third-order valence-corrected chi connectivity index (χ3v) is 15.3. The Bertz CT molecular complexity index is 2550. The van der Waals surface area contributed by atoms with Crippen molar-refractivity contribution in [3.63, 3.8) is 0 Å². The van der Waals surface area contributed by atoms with E-state index < -0.39 is 6.04 Å². The summed E-state index contributed by atoms with van der Waals surface area (Å²) in [4.78, 5) is 45.2. The Morgan fingerprint density at radius 2 is 1.67 bits per heavy atom. The van der Waals surface area contributed by atoms with Crippen molar-refractivity contribution in [1.82, 2.24) is 35.9 Å². The number of ether oxygens (including phenoxy) is 2. The van der Waals surface area contributed by atoms with Crippen molar-refractivity contribution in [2.24, 2.45) is 16.3 Å². The molecule has 3 aliphatic heterocycles. The number of thiol groups is 1. The molecular formula is C66H104N10O6S. The number of methoxy groups -OCH3 is 1. The van der Waals surface area contributed by atoms with Crippen LogP contribution in [-0.2, 0) is 20.9 Å². The lowest BCUT2D eigenvalue weighted by Crippen LogP contribution is -2.58. The maximum absolute atomic E-state index is 13.3. The van der Waals surface area contributed by atoms with Gasteiger partial charge in [0, 0.05) is 107 Å². The fourth-order valence-corrected chi connectivity index (χ4v) is 10.7. The van der Waals surface area contributed by atoms with Crippen LogP contribution in [-0.4, -0.2) is 146 Å². The van der Waals surface area contributed by atoms with Gasteiger partial charge in [-0.1, -0.05) is 84.5 Å². The molecule has 4 heterocycles. The fourth-order valence-electron chi connectivity index (χ4n) is 10.5. The van der Waals surface area contributed by atoms with Crippen molar-refractivity contribution < 1.29 is 29.3 Å². The van der Waals surface area contributed by atoms with Crippen LogP contribution < -0.4 is 30.6 Å². The normalized spacial score (nSPS) is 19.5. The Morgan fingerprint density at radius 1 is 1.00 bits per heavy atom. The number of carbonyl (C=O) groups is 2.